The number of nitrogens with one attached hydrogen (secondary N) is 1. The molecular weight excluding hydrogens is 436 g/mol. The Balaban J connectivity index is 1.54. The van der Waals surface area contributed by atoms with Gasteiger partial charge < -0.3 is 9.88 Å². The molecule has 0 aliphatic carbocycles. The Morgan fingerprint density at radius 3 is 2.94 bits per heavy atom. The minimum atomic E-state index is -3.22. The van der Waals surface area contributed by atoms with Gasteiger partial charge in [0.15, 0.2) is 0 Å². The third-order valence-corrected chi connectivity index (χ3v) is 7.91. The monoisotopic (exact) mass is 460 g/mol. The quantitative estimate of drug-likeness (QED) is 0.603. The largest absolute Gasteiger partial charge is 0.363 e. The van der Waals surface area contributed by atoms with Crippen LogP contribution in [0.3, 0.4) is 0 Å². The Bertz CT molecular complexity index is 1240. The Kier molecular flexibility index (Phi) is 5.15. The Morgan fingerprint density at radius 2 is 2.13 bits per heavy atom. The summed E-state index contributed by atoms with van der Waals surface area (Å²) in [5, 5.41) is 1.47. The normalized spacial score (nSPS) is 22.6. The first-order chi connectivity index (χ1) is 14.8. The van der Waals surface area contributed by atoms with Crippen molar-refractivity contribution in [2.24, 2.45) is 0 Å². The second kappa shape index (κ2) is 7.72. The molecular formula is C21H25ClN6O2S. The Labute approximate surface area is 186 Å². The highest BCUT2D eigenvalue weighted by Crippen LogP contribution is 2.37. The summed E-state index contributed by atoms with van der Waals surface area (Å²) in [6.45, 7) is 3.89. The predicted octanol–water partition coefficient (Wildman–Crippen LogP) is 3.10. The zero-order chi connectivity index (χ0) is 21.8. The molecule has 1 N–H and O–H groups in total. The summed E-state index contributed by atoms with van der Waals surface area (Å²) >= 11 is 6.31. The van der Waals surface area contributed by atoms with Crippen molar-refractivity contribution in [3.05, 3.63) is 46.8 Å². The lowest BCUT2D eigenvalue weighted by Crippen LogP contribution is -2.42. The molecule has 5 heterocycles. The fraction of sp³-hybridized carbons (Fsp3) is 0.476. The van der Waals surface area contributed by atoms with E-state index in [1.165, 1.54) is 6.26 Å². The average molecular weight is 461 g/mol. The van der Waals surface area contributed by atoms with Gasteiger partial charge in [-0.1, -0.05) is 11.6 Å². The third-order valence-electron chi connectivity index (χ3n) is 6.44. The van der Waals surface area contributed by atoms with Crippen LogP contribution in [0, 0.1) is 0 Å². The molecule has 3 aromatic rings. The summed E-state index contributed by atoms with van der Waals surface area (Å²) in [6, 6.07) is 4.16. The molecule has 31 heavy (non-hydrogen) atoms. The lowest BCUT2D eigenvalue weighted by Gasteiger charge is -2.38. The summed E-state index contributed by atoms with van der Waals surface area (Å²) in [5.41, 5.74) is 4.93. The number of aromatic nitrogens is 4. The first-order valence-electron chi connectivity index (χ1n) is 10.5. The zero-order valence-electron chi connectivity index (χ0n) is 17.5. The molecule has 2 atom stereocenters. The van der Waals surface area contributed by atoms with E-state index in [4.69, 9.17) is 11.6 Å². The fourth-order valence-electron chi connectivity index (χ4n) is 4.90. The van der Waals surface area contributed by atoms with Crippen LogP contribution in [0.5, 0.6) is 0 Å². The van der Waals surface area contributed by atoms with E-state index < -0.39 is 10.0 Å². The molecule has 3 aromatic heterocycles. The molecule has 0 amide bonds. The third kappa shape index (κ3) is 3.79. The average Bonchev–Trinajstić information content (AvgIpc) is 3.20. The van der Waals surface area contributed by atoms with E-state index in [0.717, 1.165) is 52.9 Å². The van der Waals surface area contributed by atoms with Gasteiger partial charge in [-0.3, -0.25) is 0 Å². The number of halogens is 1. The number of fused-ring (bicyclic) bond motifs is 2. The van der Waals surface area contributed by atoms with Crippen molar-refractivity contribution >= 4 is 38.3 Å². The highest BCUT2D eigenvalue weighted by Gasteiger charge is 2.33. The molecule has 0 spiro atoms. The van der Waals surface area contributed by atoms with Gasteiger partial charge in [0.2, 0.25) is 10.0 Å². The molecule has 164 valence electrons. The van der Waals surface area contributed by atoms with Crippen LogP contribution in [0.4, 0.5) is 5.69 Å². The summed E-state index contributed by atoms with van der Waals surface area (Å²) in [7, 11) is -3.22. The molecule has 0 bridgehead atoms. The summed E-state index contributed by atoms with van der Waals surface area (Å²) in [4.78, 5) is 19.1. The van der Waals surface area contributed by atoms with E-state index in [-0.39, 0.29) is 12.0 Å². The van der Waals surface area contributed by atoms with E-state index in [1.807, 2.05) is 18.3 Å². The maximum absolute atomic E-state index is 12.1. The van der Waals surface area contributed by atoms with Gasteiger partial charge in [-0.05, 0) is 31.9 Å². The number of rotatable bonds is 3. The molecule has 2 aliphatic rings. The Morgan fingerprint density at radius 1 is 1.29 bits per heavy atom. The van der Waals surface area contributed by atoms with Crippen LogP contribution in [0.25, 0.3) is 11.0 Å². The number of nitrogens with zero attached hydrogens (tertiary/aromatic N) is 5. The van der Waals surface area contributed by atoms with E-state index in [2.05, 4.69) is 31.8 Å². The first-order valence-corrected chi connectivity index (χ1v) is 12.7. The number of sulfonamides is 1. The van der Waals surface area contributed by atoms with Crippen LogP contribution in [-0.4, -0.2) is 58.0 Å². The topological polar surface area (TPSA) is 95.1 Å². The maximum atomic E-state index is 12.1. The molecule has 10 heteroatoms. The van der Waals surface area contributed by atoms with Crippen molar-refractivity contribution in [3.8, 4) is 0 Å². The lowest BCUT2D eigenvalue weighted by molar-refractivity contribution is 0.312. The van der Waals surface area contributed by atoms with E-state index >= 15 is 0 Å². The predicted molar refractivity (Wildman–Crippen MR) is 121 cm³/mol. The van der Waals surface area contributed by atoms with Crippen molar-refractivity contribution in [1.82, 2.24) is 24.2 Å². The van der Waals surface area contributed by atoms with Crippen LogP contribution in [0.15, 0.2) is 24.7 Å². The highest BCUT2D eigenvalue weighted by molar-refractivity contribution is 7.88. The van der Waals surface area contributed by atoms with Gasteiger partial charge in [0.25, 0.3) is 0 Å². The molecule has 0 radical (unpaired) electrons. The van der Waals surface area contributed by atoms with Crippen molar-refractivity contribution in [2.75, 3.05) is 24.2 Å². The van der Waals surface area contributed by atoms with Crippen LogP contribution in [-0.2, 0) is 23.0 Å². The van der Waals surface area contributed by atoms with E-state index in [1.54, 1.807) is 10.6 Å². The van der Waals surface area contributed by atoms with Gasteiger partial charge in [0, 0.05) is 55.2 Å². The fourth-order valence-corrected chi connectivity index (χ4v) is 6.00. The number of anilines is 1. The number of hydrogen-bond acceptors (Lipinski definition) is 6. The maximum Gasteiger partial charge on any atom is 0.211 e. The van der Waals surface area contributed by atoms with Gasteiger partial charge in [-0.2, -0.15) is 0 Å². The minimum absolute atomic E-state index is 0.0730. The van der Waals surface area contributed by atoms with Crippen LogP contribution in [0.1, 0.15) is 42.6 Å². The molecule has 8 nitrogen and oxygen atoms in total. The number of piperidine rings is 1. The van der Waals surface area contributed by atoms with Gasteiger partial charge in [0.05, 0.1) is 23.3 Å². The summed E-state index contributed by atoms with van der Waals surface area (Å²) < 4.78 is 25.8. The Hall–Kier alpha value is -2.23. The summed E-state index contributed by atoms with van der Waals surface area (Å²) in [6.07, 6.45) is 7.33. The van der Waals surface area contributed by atoms with E-state index in [0.29, 0.717) is 24.8 Å². The minimum Gasteiger partial charge on any atom is -0.363 e. The van der Waals surface area contributed by atoms with E-state index in [9.17, 15) is 8.42 Å². The van der Waals surface area contributed by atoms with Crippen molar-refractivity contribution in [1.29, 1.82) is 0 Å². The summed E-state index contributed by atoms with van der Waals surface area (Å²) in [5.74, 6) is 0.0730. The number of H-pyrrole nitrogens is 1. The van der Waals surface area contributed by atoms with Crippen LogP contribution < -0.4 is 4.90 Å². The molecule has 2 aliphatic heterocycles. The van der Waals surface area contributed by atoms with Gasteiger partial charge in [-0.15, -0.1) is 0 Å². The second-order valence-electron chi connectivity index (χ2n) is 8.53. The number of pyridine rings is 1. The number of aromatic amines is 1. The molecule has 0 saturated carbocycles. The number of hydrogen-bond donors (Lipinski definition) is 1. The molecule has 0 aromatic carbocycles. The van der Waals surface area contributed by atoms with Gasteiger partial charge >= 0.3 is 0 Å². The van der Waals surface area contributed by atoms with Crippen LogP contribution in [0.2, 0.25) is 5.15 Å². The molecule has 1 saturated heterocycles. The van der Waals surface area contributed by atoms with Gasteiger partial charge in [-0.25, -0.2) is 27.7 Å². The van der Waals surface area contributed by atoms with Crippen molar-refractivity contribution in [3.63, 3.8) is 0 Å². The SMILES string of the molecule is C[C@@H]1Cc2ncnc([C@@H]3CCCN(S(C)(=O)=O)C3)c2CN1c1cc(Cl)nc2[nH]ccc12. The molecule has 0 unspecified atom stereocenters. The lowest BCUT2D eigenvalue weighted by atomic mass is 9.88. The van der Waals surface area contributed by atoms with Crippen LogP contribution >= 0.6 is 11.6 Å². The van der Waals surface area contributed by atoms with Crippen molar-refractivity contribution < 1.29 is 8.42 Å². The molecule has 1 fully saturated rings. The zero-order valence-corrected chi connectivity index (χ0v) is 19.1. The second-order valence-corrected chi connectivity index (χ2v) is 10.9. The van der Waals surface area contributed by atoms with Gasteiger partial charge in [0.1, 0.15) is 17.1 Å². The standard InChI is InChI=1S/C21H25ClN6O2S/c1-13-8-17-16(11-28(13)18-9-19(22)26-21-15(18)5-6-23-21)20(25-12-24-17)14-4-3-7-27(10-14)31(2,29)30/h5-6,9,12-14H,3-4,7-8,10-11H2,1-2H3,(H,23,26)/t13-,14-/m1/s1. The molecule has 5 rings (SSSR count). The smallest absolute Gasteiger partial charge is 0.211 e. The van der Waals surface area contributed by atoms with Crippen molar-refractivity contribution in [2.45, 2.75) is 44.7 Å². The first kappa shape index (κ1) is 20.7. The highest BCUT2D eigenvalue weighted by atomic mass is 35.5.